The molecule has 2 aromatic carbocycles. The number of benzene rings is 2. The van der Waals surface area contributed by atoms with E-state index in [0.29, 0.717) is 11.5 Å². The summed E-state index contributed by atoms with van der Waals surface area (Å²) in [6, 6.07) is 12.9. The smallest absolute Gasteiger partial charge is 0.337 e. The molecule has 0 spiro atoms. The fraction of sp³-hybridized carbons (Fsp3) is 0.125. The molecule has 0 saturated heterocycles. The van der Waals surface area contributed by atoms with Crippen molar-refractivity contribution in [2.24, 2.45) is 0 Å². The van der Waals surface area contributed by atoms with Crippen molar-refractivity contribution in [3.8, 4) is 11.5 Å². The Balaban J connectivity index is 2.08. The second kappa shape index (κ2) is 4.81. The number of fused-ring (bicyclic) bond motifs is 1. The summed E-state index contributed by atoms with van der Waals surface area (Å²) in [5, 5.41) is 0. The molecule has 0 radical (unpaired) electrons. The van der Waals surface area contributed by atoms with Crippen LogP contribution in [0.5, 0.6) is 0 Å². The Kier molecular flexibility index (Phi) is 2.99. The van der Waals surface area contributed by atoms with Crippen LogP contribution in [-0.4, -0.2) is 18.1 Å². The summed E-state index contributed by atoms with van der Waals surface area (Å²) in [7, 11) is 1.36. The summed E-state index contributed by atoms with van der Waals surface area (Å²) in [5.74, 6) is 0.121. The Morgan fingerprint density at radius 1 is 1.20 bits per heavy atom. The number of esters is 1. The van der Waals surface area contributed by atoms with E-state index in [0.717, 1.165) is 22.2 Å². The number of nitrogens with zero attached hydrogens (tertiary/aromatic N) is 1. The molecule has 0 amide bonds. The Hall–Kier alpha value is -2.62. The van der Waals surface area contributed by atoms with Gasteiger partial charge in [-0.15, -0.1) is 0 Å². The van der Waals surface area contributed by atoms with Gasteiger partial charge in [-0.3, -0.25) is 0 Å². The number of aromatic nitrogens is 1. The molecule has 0 aliphatic rings. The highest BCUT2D eigenvalue weighted by atomic mass is 16.5. The molecule has 4 heteroatoms. The predicted molar refractivity (Wildman–Crippen MR) is 75.5 cm³/mol. The average Bonchev–Trinajstić information content (AvgIpc) is 2.89. The van der Waals surface area contributed by atoms with Crippen molar-refractivity contribution in [1.82, 2.24) is 4.98 Å². The molecule has 0 saturated carbocycles. The maximum atomic E-state index is 11.5. The second-order valence-corrected chi connectivity index (χ2v) is 4.56. The first kappa shape index (κ1) is 12.4. The first-order valence-corrected chi connectivity index (χ1v) is 6.23. The van der Waals surface area contributed by atoms with Gasteiger partial charge in [-0.25, -0.2) is 9.78 Å². The molecule has 0 aliphatic carbocycles. The molecule has 20 heavy (non-hydrogen) atoms. The number of carbonyl (C=O) groups is 1. The van der Waals surface area contributed by atoms with Gasteiger partial charge < -0.3 is 9.15 Å². The molecule has 0 unspecified atom stereocenters. The standard InChI is InChI=1S/C16H13NO3/c1-10-6-7-14-13(8-10)17-15(20-14)11-4-3-5-12(9-11)16(18)19-2/h3-9H,1-2H3. The summed E-state index contributed by atoms with van der Waals surface area (Å²) in [4.78, 5) is 16.0. The molecule has 0 aliphatic heterocycles. The first-order chi connectivity index (χ1) is 9.67. The van der Waals surface area contributed by atoms with Crippen LogP contribution in [0.15, 0.2) is 46.9 Å². The molecular formula is C16H13NO3. The van der Waals surface area contributed by atoms with E-state index in [1.165, 1.54) is 7.11 Å². The molecule has 0 N–H and O–H groups in total. The fourth-order valence-electron chi connectivity index (χ4n) is 2.06. The van der Waals surface area contributed by atoms with Crippen LogP contribution in [0.1, 0.15) is 15.9 Å². The van der Waals surface area contributed by atoms with Gasteiger partial charge in [0.1, 0.15) is 5.52 Å². The third-order valence-electron chi connectivity index (χ3n) is 3.07. The van der Waals surface area contributed by atoms with Crippen LogP contribution in [-0.2, 0) is 4.74 Å². The van der Waals surface area contributed by atoms with Crippen LogP contribution in [0, 0.1) is 6.92 Å². The zero-order chi connectivity index (χ0) is 14.1. The second-order valence-electron chi connectivity index (χ2n) is 4.56. The monoisotopic (exact) mass is 267 g/mol. The third-order valence-corrected chi connectivity index (χ3v) is 3.07. The van der Waals surface area contributed by atoms with Crippen molar-refractivity contribution in [2.75, 3.05) is 7.11 Å². The van der Waals surface area contributed by atoms with Crippen LogP contribution in [0.2, 0.25) is 0 Å². The molecule has 1 heterocycles. The molecule has 100 valence electrons. The van der Waals surface area contributed by atoms with Crippen molar-refractivity contribution in [3.05, 3.63) is 53.6 Å². The molecule has 0 atom stereocenters. The molecular weight excluding hydrogens is 254 g/mol. The number of carbonyl (C=O) groups excluding carboxylic acids is 1. The van der Waals surface area contributed by atoms with E-state index in [9.17, 15) is 4.79 Å². The Labute approximate surface area is 116 Å². The lowest BCUT2D eigenvalue weighted by atomic mass is 10.1. The quantitative estimate of drug-likeness (QED) is 0.666. The van der Waals surface area contributed by atoms with Gasteiger partial charge in [0, 0.05) is 5.56 Å². The fourth-order valence-corrected chi connectivity index (χ4v) is 2.06. The zero-order valence-electron chi connectivity index (χ0n) is 11.2. The van der Waals surface area contributed by atoms with Gasteiger partial charge in [0.25, 0.3) is 0 Å². The van der Waals surface area contributed by atoms with E-state index >= 15 is 0 Å². The summed E-state index contributed by atoms with van der Waals surface area (Å²) in [6.07, 6.45) is 0. The first-order valence-electron chi connectivity index (χ1n) is 6.23. The average molecular weight is 267 g/mol. The van der Waals surface area contributed by atoms with Crippen LogP contribution >= 0.6 is 0 Å². The highest BCUT2D eigenvalue weighted by molar-refractivity contribution is 5.90. The lowest BCUT2D eigenvalue weighted by Crippen LogP contribution is -2.00. The summed E-state index contributed by atoms with van der Waals surface area (Å²) < 4.78 is 10.4. The minimum Gasteiger partial charge on any atom is -0.465 e. The van der Waals surface area contributed by atoms with Gasteiger partial charge in [0.15, 0.2) is 5.58 Å². The number of oxazole rings is 1. The van der Waals surface area contributed by atoms with Gasteiger partial charge in [0.05, 0.1) is 12.7 Å². The SMILES string of the molecule is COC(=O)c1cccc(-c2nc3cc(C)ccc3o2)c1. The van der Waals surface area contributed by atoms with Gasteiger partial charge in [-0.2, -0.15) is 0 Å². The normalized spacial score (nSPS) is 10.7. The van der Waals surface area contributed by atoms with Crippen molar-refractivity contribution in [2.45, 2.75) is 6.92 Å². The number of hydrogen-bond acceptors (Lipinski definition) is 4. The predicted octanol–water partition coefficient (Wildman–Crippen LogP) is 3.59. The maximum Gasteiger partial charge on any atom is 0.337 e. The lowest BCUT2D eigenvalue weighted by Gasteiger charge is -2.00. The van der Waals surface area contributed by atoms with Crippen LogP contribution in [0.4, 0.5) is 0 Å². The minimum atomic E-state index is -0.376. The molecule has 4 nitrogen and oxygen atoms in total. The van der Waals surface area contributed by atoms with Crippen molar-refractivity contribution >= 4 is 17.1 Å². The molecule has 3 rings (SSSR count). The van der Waals surface area contributed by atoms with Gasteiger partial charge in [-0.1, -0.05) is 12.1 Å². The number of methoxy groups -OCH3 is 1. The van der Waals surface area contributed by atoms with E-state index in [-0.39, 0.29) is 5.97 Å². The van der Waals surface area contributed by atoms with Crippen molar-refractivity contribution in [3.63, 3.8) is 0 Å². The van der Waals surface area contributed by atoms with Crippen molar-refractivity contribution < 1.29 is 13.9 Å². The van der Waals surface area contributed by atoms with Crippen LogP contribution in [0.25, 0.3) is 22.6 Å². The third kappa shape index (κ3) is 2.16. The number of aryl methyl sites for hydroxylation is 1. The van der Waals surface area contributed by atoms with E-state index in [2.05, 4.69) is 4.98 Å². The summed E-state index contributed by atoms with van der Waals surface area (Å²) >= 11 is 0. The van der Waals surface area contributed by atoms with Gasteiger partial charge in [0.2, 0.25) is 5.89 Å². The van der Waals surface area contributed by atoms with Crippen LogP contribution in [0.3, 0.4) is 0 Å². The van der Waals surface area contributed by atoms with Gasteiger partial charge >= 0.3 is 5.97 Å². The van der Waals surface area contributed by atoms with Crippen molar-refractivity contribution in [1.29, 1.82) is 0 Å². The van der Waals surface area contributed by atoms with Crippen LogP contribution < -0.4 is 0 Å². The Morgan fingerprint density at radius 2 is 2.05 bits per heavy atom. The largest absolute Gasteiger partial charge is 0.465 e. The molecule has 0 fully saturated rings. The zero-order valence-corrected chi connectivity index (χ0v) is 11.2. The highest BCUT2D eigenvalue weighted by Crippen LogP contribution is 2.25. The Bertz CT molecular complexity index is 789. The molecule has 1 aromatic heterocycles. The van der Waals surface area contributed by atoms with E-state index in [1.807, 2.05) is 31.2 Å². The lowest BCUT2D eigenvalue weighted by molar-refractivity contribution is 0.0601. The summed E-state index contributed by atoms with van der Waals surface area (Å²) in [5.41, 5.74) is 3.89. The maximum absolute atomic E-state index is 11.5. The Morgan fingerprint density at radius 3 is 2.85 bits per heavy atom. The molecule has 3 aromatic rings. The van der Waals surface area contributed by atoms with E-state index < -0.39 is 0 Å². The van der Waals surface area contributed by atoms with E-state index in [4.69, 9.17) is 9.15 Å². The minimum absolute atomic E-state index is 0.376. The molecule has 0 bridgehead atoms. The summed E-state index contributed by atoms with van der Waals surface area (Å²) in [6.45, 7) is 2.01. The van der Waals surface area contributed by atoms with E-state index in [1.54, 1.807) is 18.2 Å². The van der Waals surface area contributed by atoms with Gasteiger partial charge in [-0.05, 0) is 42.8 Å². The topological polar surface area (TPSA) is 52.3 Å². The number of ether oxygens (including phenoxy) is 1. The highest BCUT2D eigenvalue weighted by Gasteiger charge is 2.11. The number of rotatable bonds is 2. The number of hydrogen-bond donors (Lipinski definition) is 0.